The van der Waals surface area contributed by atoms with Crippen molar-refractivity contribution in [2.75, 3.05) is 5.32 Å². The van der Waals surface area contributed by atoms with Crippen molar-refractivity contribution in [3.05, 3.63) is 47.7 Å². The van der Waals surface area contributed by atoms with Crippen molar-refractivity contribution < 1.29 is 4.79 Å². The first kappa shape index (κ1) is 19.5. The van der Waals surface area contributed by atoms with E-state index in [2.05, 4.69) is 16.5 Å². The molecule has 0 unspecified atom stereocenters. The lowest BCUT2D eigenvalue weighted by Crippen LogP contribution is -2.47. The minimum absolute atomic E-state index is 0.0114. The number of fused-ring (bicyclic) bond motifs is 1. The highest BCUT2D eigenvalue weighted by Crippen LogP contribution is 2.61. The van der Waals surface area contributed by atoms with E-state index < -0.39 is 0 Å². The lowest BCUT2D eigenvalue weighted by molar-refractivity contribution is -0.124. The molecule has 0 aliphatic heterocycles. The van der Waals surface area contributed by atoms with E-state index in [1.807, 2.05) is 37.3 Å². The number of rotatable bonds is 4. The molecule has 4 saturated carbocycles. The van der Waals surface area contributed by atoms with Crippen LogP contribution >= 0.6 is 0 Å². The number of amides is 1. The van der Waals surface area contributed by atoms with Gasteiger partial charge in [0.05, 0.1) is 11.7 Å². The zero-order valence-corrected chi connectivity index (χ0v) is 18.3. The van der Waals surface area contributed by atoms with Crippen LogP contribution in [0.2, 0.25) is 0 Å². The summed E-state index contributed by atoms with van der Waals surface area (Å²) in [5.74, 6) is 3.43. The normalized spacial score (nSPS) is 28.1. The maximum atomic E-state index is 13.2. The minimum Gasteiger partial charge on any atom is -0.309 e. The monoisotopic (exact) mass is 425 g/mol. The number of nitrogens with one attached hydrogen (secondary N) is 1. The van der Waals surface area contributed by atoms with E-state index in [4.69, 9.17) is 4.98 Å². The molecule has 0 spiro atoms. The Kier molecular flexibility index (Phi) is 4.36. The number of hydrogen-bond acceptors (Lipinski definition) is 4. The average molecular weight is 426 g/mol. The summed E-state index contributed by atoms with van der Waals surface area (Å²) >= 11 is 0. The zero-order chi connectivity index (χ0) is 21.9. The number of benzene rings is 1. The minimum atomic E-state index is -0.0114. The number of nitrogens with zero attached hydrogens (tertiary/aromatic N) is 4. The molecule has 1 aromatic carbocycles. The Morgan fingerprint density at radius 2 is 1.88 bits per heavy atom. The molecule has 7 rings (SSSR count). The van der Waals surface area contributed by atoms with Crippen LogP contribution < -0.4 is 5.32 Å². The molecule has 4 aliphatic rings. The van der Waals surface area contributed by atoms with Crippen molar-refractivity contribution in [1.82, 2.24) is 14.8 Å². The largest absolute Gasteiger partial charge is 0.309 e. The number of carbonyl (C=O) groups is 1. The molecule has 6 heteroatoms. The number of aryl methyl sites for hydroxylation is 1. The lowest BCUT2D eigenvalue weighted by Gasteiger charge is -2.56. The van der Waals surface area contributed by atoms with E-state index in [0.29, 0.717) is 23.6 Å². The van der Waals surface area contributed by atoms with Gasteiger partial charge in [0.15, 0.2) is 11.6 Å². The first-order valence-electron chi connectivity index (χ1n) is 11.7. The van der Waals surface area contributed by atoms with Gasteiger partial charge in [-0.3, -0.25) is 4.79 Å². The first-order chi connectivity index (χ1) is 15.5. The van der Waals surface area contributed by atoms with Gasteiger partial charge in [0.1, 0.15) is 11.6 Å². The van der Waals surface area contributed by atoms with Gasteiger partial charge in [0.25, 0.3) is 0 Å². The van der Waals surface area contributed by atoms with Gasteiger partial charge in [-0.1, -0.05) is 18.2 Å². The second-order valence-corrected chi connectivity index (χ2v) is 10.4. The molecule has 2 aromatic heterocycles. The highest BCUT2D eigenvalue weighted by Gasteiger charge is 2.51. The van der Waals surface area contributed by atoms with Crippen molar-refractivity contribution in [2.45, 2.75) is 51.9 Å². The van der Waals surface area contributed by atoms with Crippen LogP contribution in [0.4, 0.5) is 5.82 Å². The summed E-state index contributed by atoms with van der Waals surface area (Å²) in [5, 5.41) is 18.2. The first-order valence-corrected chi connectivity index (χ1v) is 11.7. The second-order valence-electron chi connectivity index (χ2n) is 10.4. The smallest absolute Gasteiger partial charge is 0.226 e. The molecule has 162 valence electrons. The van der Waals surface area contributed by atoms with Gasteiger partial charge in [-0.25, -0.2) is 4.98 Å². The Hall–Kier alpha value is -3.20. The second kappa shape index (κ2) is 7.16. The van der Waals surface area contributed by atoms with E-state index in [1.54, 1.807) is 4.68 Å². The topological polar surface area (TPSA) is 83.6 Å². The summed E-state index contributed by atoms with van der Waals surface area (Å²) in [6.07, 6.45) is 9.67. The summed E-state index contributed by atoms with van der Waals surface area (Å²) < 4.78 is 1.59. The number of hydrogen-bond donors (Lipinski definition) is 1. The third-order valence-corrected chi connectivity index (χ3v) is 7.97. The molecule has 0 atom stereocenters. The SMILES string of the molecule is Cc1cc(-n2ncc(C#N)c2NC(=O)CC23CC4CC(CC(C4)C2)C3)nc2ccccc12. The average Bonchev–Trinajstić information content (AvgIpc) is 3.14. The molecular weight excluding hydrogens is 398 g/mol. The van der Waals surface area contributed by atoms with Crippen LogP contribution in [0.15, 0.2) is 36.5 Å². The molecule has 32 heavy (non-hydrogen) atoms. The van der Waals surface area contributed by atoms with Gasteiger partial charge in [-0.05, 0) is 86.3 Å². The van der Waals surface area contributed by atoms with Crippen LogP contribution in [0.3, 0.4) is 0 Å². The Bertz CT molecular complexity index is 1230. The molecular formula is C26H27N5O. The van der Waals surface area contributed by atoms with Crippen LogP contribution in [-0.2, 0) is 4.79 Å². The fraction of sp³-hybridized carbons (Fsp3) is 0.462. The van der Waals surface area contributed by atoms with Gasteiger partial charge >= 0.3 is 0 Å². The summed E-state index contributed by atoms with van der Waals surface area (Å²) in [4.78, 5) is 18.0. The summed E-state index contributed by atoms with van der Waals surface area (Å²) in [5.41, 5.74) is 2.44. The standard InChI is InChI=1S/C26H27N5O/c1-16-6-23(29-22-5-3-2-4-21(16)22)31-25(20(14-27)15-28-31)30-24(32)13-26-10-17-7-18(11-26)9-19(8-17)12-26/h2-6,15,17-19H,7-13H2,1H3,(H,30,32). The van der Waals surface area contributed by atoms with Gasteiger partial charge in [0, 0.05) is 11.8 Å². The van der Waals surface area contributed by atoms with Crippen molar-refractivity contribution in [1.29, 1.82) is 5.26 Å². The molecule has 4 bridgehead atoms. The van der Waals surface area contributed by atoms with E-state index in [9.17, 15) is 10.1 Å². The fourth-order valence-corrected chi connectivity index (χ4v) is 7.19. The van der Waals surface area contributed by atoms with E-state index in [0.717, 1.165) is 34.2 Å². The van der Waals surface area contributed by atoms with Crippen molar-refractivity contribution in [3.8, 4) is 11.9 Å². The Balaban J connectivity index is 1.30. The van der Waals surface area contributed by atoms with Crippen LogP contribution in [0, 0.1) is 41.4 Å². The molecule has 0 saturated heterocycles. The molecule has 0 radical (unpaired) electrons. The highest BCUT2D eigenvalue weighted by molar-refractivity contribution is 5.92. The maximum Gasteiger partial charge on any atom is 0.226 e. The Morgan fingerprint density at radius 1 is 1.19 bits per heavy atom. The van der Waals surface area contributed by atoms with Gasteiger partial charge in [-0.15, -0.1) is 0 Å². The van der Waals surface area contributed by atoms with Crippen LogP contribution in [0.25, 0.3) is 16.7 Å². The summed E-state index contributed by atoms with van der Waals surface area (Å²) in [6, 6.07) is 12.1. The third kappa shape index (κ3) is 3.19. The van der Waals surface area contributed by atoms with Crippen LogP contribution in [-0.4, -0.2) is 20.7 Å². The molecule has 1 N–H and O–H groups in total. The number of anilines is 1. The highest BCUT2D eigenvalue weighted by atomic mass is 16.1. The third-order valence-electron chi connectivity index (χ3n) is 7.97. The van der Waals surface area contributed by atoms with Gasteiger partial charge in [-0.2, -0.15) is 15.0 Å². The quantitative estimate of drug-likeness (QED) is 0.627. The van der Waals surface area contributed by atoms with Crippen LogP contribution in [0.1, 0.15) is 56.1 Å². The molecule has 4 fully saturated rings. The summed E-state index contributed by atoms with van der Waals surface area (Å²) in [6.45, 7) is 2.04. The Morgan fingerprint density at radius 3 is 2.56 bits per heavy atom. The number of pyridine rings is 1. The van der Waals surface area contributed by atoms with E-state index in [-0.39, 0.29) is 11.3 Å². The van der Waals surface area contributed by atoms with Crippen molar-refractivity contribution >= 4 is 22.6 Å². The molecule has 3 aromatic rings. The number of carbonyl (C=O) groups excluding carboxylic acids is 1. The van der Waals surface area contributed by atoms with Gasteiger partial charge in [0.2, 0.25) is 5.91 Å². The fourth-order valence-electron chi connectivity index (χ4n) is 7.19. The Labute approximate surface area is 187 Å². The maximum absolute atomic E-state index is 13.2. The molecule has 6 nitrogen and oxygen atoms in total. The lowest BCUT2D eigenvalue weighted by atomic mass is 9.49. The van der Waals surface area contributed by atoms with Crippen molar-refractivity contribution in [3.63, 3.8) is 0 Å². The summed E-state index contributed by atoms with van der Waals surface area (Å²) in [7, 11) is 0. The van der Waals surface area contributed by atoms with E-state index >= 15 is 0 Å². The molecule has 2 heterocycles. The van der Waals surface area contributed by atoms with E-state index in [1.165, 1.54) is 44.7 Å². The number of nitriles is 1. The molecule has 1 amide bonds. The number of para-hydroxylation sites is 1. The van der Waals surface area contributed by atoms with Crippen LogP contribution in [0.5, 0.6) is 0 Å². The van der Waals surface area contributed by atoms with Gasteiger partial charge < -0.3 is 5.32 Å². The van der Waals surface area contributed by atoms with Crippen molar-refractivity contribution in [2.24, 2.45) is 23.2 Å². The molecule has 4 aliphatic carbocycles. The number of aromatic nitrogens is 3. The zero-order valence-electron chi connectivity index (χ0n) is 18.3. The predicted molar refractivity (Wildman–Crippen MR) is 122 cm³/mol. The predicted octanol–water partition coefficient (Wildman–Crippen LogP) is 5.15.